The second-order valence-electron chi connectivity index (χ2n) is 1.19. The second-order valence-corrected chi connectivity index (χ2v) is 1.19. The fraction of sp³-hybridized carbons (Fsp3) is 0.600. The predicted octanol–water partition coefficient (Wildman–Crippen LogP) is 1.72. The first-order valence-electron chi connectivity index (χ1n) is 2.36. The fourth-order valence-corrected chi connectivity index (χ4v) is 0.284. The summed E-state index contributed by atoms with van der Waals surface area (Å²) >= 11 is 0. The van der Waals surface area contributed by atoms with Crippen LogP contribution in [0.2, 0.25) is 0 Å². The molecule has 0 unspecified atom stereocenters. The third kappa shape index (κ3) is 5.34. The number of nitroso groups, excluding NO2 is 1. The molecule has 0 heterocycles. The summed E-state index contributed by atoms with van der Waals surface area (Å²) in [6, 6.07) is 0. The maximum atomic E-state index is 9.38. The zero-order chi connectivity index (χ0) is 5.54. The van der Waals surface area contributed by atoms with Crippen LogP contribution in [-0.4, -0.2) is 6.54 Å². The zero-order valence-electron chi connectivity index (χ0n) is 4.42. The molecular weight excluding hydrogens is 90.1 g/mol. The first-order chi connectivity index (χ1) is 3.41. The van der Waals surface area contributed by atoms with Gasteiger partial charge in [-0.05, 0) is 6.42 Å². The molecule has 2 nitrogen and oxygen atoms in total. The van der Waals surface area contributed by atoms with E-state index in [2.05, 4.69) is 5.18 Å². The summed E-state index contributed by atoms with van der Waals surface area (Å²) in [6.07, 6.45) is 4.66. The molecule has 0 rings (SSSR count). The molecule has 0 aliphatic rings. The van der Waals surface area contributed by atoms with E-state index in [1.165, 1.54) is 0 Å². The van der Waals surface area contributed by atoms with Crippen LogP contribution in [0.5, 0.6) is 0 Å². The highest BCUT2D eigenvalue weighted by atomic mass is 16.3. The Labute approximate surface area is 43.2 Å². The monoisotopic (exact) mass is 99.1 g/mol. The van der Waals surface area contributed by atoms with Gasteiger partial charge in [-0.3, -0.25) is 0 Å². The Hall–Kier alpha value is -0.660. The molecule has 0 aromatic rings. The van der Waals surface area contributed by atoms with E-state index in [9.17, 15) is 4.91 Å². The molecule has 0 amide bonds. The Balaban J connectivity index is 2.92. The summed E-state index contributed by atoms with van der Waals surface area (Å²) in [4.78, 5) is 9.38. The van der Waals surface area contributed by atoms with Crippen LogP contribution < -0.4 is 0 Å². The Bertz CT molecular complexity index is 68.5. The molecule has 0 atom stereocenters. The van der Waals surface area contributed by atoms with Crippen molar-refractivity contribution in [1.82, 2.24) is 0 Å². The lowest BCUT2D eigenvalue weighted by molar-refractivity contribution is 1.16. The van der Waals surface area contributed by atoms with Gasteiger partial charge in [-0.1, -0.05) is 24.3 Å². The largest absolute Gasteiger partial charge is 0.150 e. The minimum atomic E-state index is 0.313. The van der Waals surface area contributed by atoms with Crippen LogP contribution in [0.1, 0.15) is 13.3 Å². The van der Waals surface area contributed by atoms with E-state index in [1.807, 2.05) is 13.0 Å². The molecule has 0 aromatic carbocycles. The summed E-state index contributed by atoms with van der Waals surface area (Å²) in [5.41, 5.74) is 0. The van der Waals surface area contributed by atoms with Gasteiger partial charge in [0.1, 0.15) is 0 Å². The Morgan fingerprint density at radius 1 is 1.57 bits per heavy atom. The van der Waals surface area contributed by atoms with Crippen LogP contribution in [0.4, 0.5) is 0 Å². The lowest BCUT2D eigenvalue weighted by Crippen LogP contribution is -1.64. The van der Waals surface area contributed by atoms with E-state index in [4.69, 9.17) is 0 Å². The van der Waals surface area contributed by atoms with Crippen molar-refractivity contribution in [2.75, 3.05) is 6.54 Å². The third-order valence-corrected chi connectivity index (χ3v) is 0.582. The van der Waals surface area contributed by atoms with Gasteiger partial charge in [0, 0.05) is 0 Å². The highest BCUT2D eigenvalue weighted by molar-refractivity contribution is 4.81. The number of rotatable bonds is 3. The predicted molar refractivity (Wildman–Crippen MR) is 30.1 cm³/mol. The average Bonchev–Trinajstić information content (AvgIpc) is 1.69. The van der Waals surface area contributed by atoms with Crippen molar-refractivity contribution in [3.05, 3.63) is 17.1 Å². The summed E-state index contributed by atoms with van der Waals surface area (Å²) in [7, 11) is 0. The molecule has 0 aliphatic carbocycles. The van der Waals surface area contributed by atoms with Crippen LogP contribution in [0, 0.1) is 4.91 Å². The number of hydrogen-bond acceptors (Lipinski definition) is 2. The smallest absolute Gasteiger partial charge is 0.0992 e. The van der Waals surface area contributed by atoms with Crippen molar-refractivity contribution >= 4 is 0 Å². The third-order valence-electron chi connectivity index (χ3n) is 0.582. The van der Waals surface area contributed by atoms with Crippen molar-refractivity contribution in [1.29, 1.82) is 0 Å². The molecule has 0 bridgehead atoms. The van der Waals surface area contributed by atoms with Crippen LogP contribution in [0.25, 0.3) is 0 Å². The maximum Gasteiger partial charge on any atom is 0.0992 e. The van der Waals surface area contributed by atoms with Gasteiger partial charge in [0.25, 0.3) is 0 Å². The molecule has 0 spiro atoms. The quantitative estimate of drug-likeness (QED) is 0.391. The maximum absolute atomic E-state index is 9.38. The minimum absolute atomic E-state index is 0.313. The highest BCUT2D eigenvalue weighted by Crippen LogP contribution is 1.78. The zero-order valence-corrected chi connectivity index (χ0v) is 4.42. The van der Waals surface area contributed by atoms with Gasteiger partial charge in [0.2, 0.25) is 0 Å². The first kappa shape index (κ1) is 6.34. The molecule has 0 radical (unpaired) electrons. The molecule has 0 aliphatic heterocycles. The Morgan fingerprint density at radius 3 is 2.71 bits per heavy atom. The topological polar surface area (TPSA) is 29.4 Å². The lowest BCUT2D eigenvalue weighted by Gasteiger charge is -1.72. The van der Waals surface area contributed by atoms with Crippen molar-refractivity contribution in [3.63, 3.8) is 0 Å². The van der Waals surface area contributed by atoms with Crippen molar-refractivity contribution in [3.8, 4) is 0 Å². The Morgan fingerprint density at radius 2 is 2.29 bits per heavy atom. The molecule has 0 saturated heterocycles. The molecule has 0 aromatic heterocycles. The molecule has 2 heteroatoms. The van der Waals surface area contributed by atoms with E-state index in [1.54, 1.807) is 6.08 Å². The molecule has 40 valence electrons. The van der Waals surface area contributed by atoms with E-state index >= 15 is 0 Å². The van der Waals surface area contributed by atoms with E-state index < -0.39 is 0 Å². The van der Waals surface area contributed by atoms with Crippen molar-refractivity contribution < 1.29 is 0 Å². The van der Waals surface area contributed by atoms with Crippen molar-refractivity contribution in [2.24, 2.45) is 5.18 Å². The normalized spacial score (nSPS) is 9.86. The van der Waals surface area contributed by atoms with Gasteiger partial charge in [0.05, 0.1) is 6.54 Å². The summed E-state index contributed by atoms with van der Waals surface area (Å²) < 4.78 is 0. The van der Waals surface area contributed by atoms with Gasteiger partial charge < -0.3 is 0 Å². The van der Waals surface area contributed by atoms with Crippen LogP contribution >= 0.6 is 0 Å². The van der Waals surface area contributed by atoms with Gasteiger partial charge in [-0.25, -0.2) is 0 Å². The van der Waals surface area contributed by atoms with Crippen molar-refractivity contribution in [2.45, 2.75) is 13.3 Å². The van der Waals surface area contributed by atoms with Gasteiger partial charge in [0.15, 0.2) is 0 Å². The Kier molecular flexibility index (Phi) is 4.84. The average molecular weight is 99.1 g/mol. The van der Waals surface area contributed by atoms with Crippen LogP contribution in [-0.2, 0) is 0 Å². The number of hydrogen-bond donors (Lipinski definition) is 0. The lowest BCUT2D eigenvalue weighted by atomic mass is 10.4. The number of nitrogens with zero attached hydrogens (tertiary/aromatic N) is 1. The summed E-state index contributed by atoms with van der Waals surface area (Å²) in [6.45, 7) is 2.33. The fourth-order valence-electron chi connectivity index (χ4n) is 0.284. The van der Waals surface area contributed by atoms with Crippen LogP contribution in [0.15, 0.2) is 17.3 Å². The number of allylic oxidation sites excluding steroid dienone is 1. The highest BCUT2D eigenvalue weighted by Gasteiger charge is 1.67. The second kappa shape index (κ2) is 5.34. The van der Waals surface area contributed by atoms with Crippen LogP contribution in [0.3, 0.4) is 0 Å². The standard InChI is InChI=1S/C5H9NO/c1-2-3-4-5-6-7/h3-4H,2,5H2,1H3/b4-3-. The molecule has 7 heavy (non-hydrogen) atoms. The molecule has 0 fully saturated rings. The summed E-state index contributed by atoms with van der Waals surface area (Å²) in [5.74, 6) is 0. The van der Waals surface area contributed by atoms with E-state index in [0.717, 1.165) is 6.42 Å². The molecule has 0 saturated carbocycles. The SMILES string of the molecule is CC/C=C\CN=O. The van der Waals surface area contributed by atoms with Gasteiger partial charge >= 0.3 is 0 Å². The minimum Gasteiger partial charge on any atom is -0.150 e. The molecular formula is C5H9NO. The van der Waals surface area contributed by atoms with Gasteiger partial charge in [-0.2, -0.15) is 4.91 Å². The molecule has 0 N–H and O–H groups in total. The van der Waals surface area contributed by atoms with E-state index in [0.29, 0.717) is 6.54 Å². The van der Waals surface area contributed by atoms with Gasteiger partial charge in [-0.15, -0.1) is 0 Å². The summed E-state index contributed by atoms with van der Waals surface area (Å²) in [5, 5.41) is 2.64. The first-order valence-corrected chi connectivity index (χ1v) is 2.36. The van der Waals surface area contributed by atoms with E-state index in [-0.39, 0.29) is 0 Å².